The lowest BCUT2D eigenvalue weighted by atomic mass is 10.1. The molecule has 0 unspecified atom stereocenters. The SMILES string of the molecule is CCN(CC(=O)Nc1ccc(Cc2noc(C(C)C)n2)cc1)S(=O)(=O)c1ccccc1. The van der Waals surface area contributed by atoms with Gasteiger partial charge in [0.2, 0.25) is 21.8 Å². The van der Waals surface area contributed by atoms with E-state index in [0.29, 0.717) is 23.8 Å². The first-order valence-electron chi connectivity index (χ1n) is 10.1. The first-order chi connectivity index (χ1) is 14.8. The smallest absolute Gasteiger partial charge is 0.243 e. The van der Waals surface area contributed by atoms with Gasteiger partial charge in [-0.1, -0.05) is 56.3 Å². The first kappa shape index (κ1) is 22.6. The Labute approximate surface area is 182 Å². The van der Waals surface area contributed by atoms with Gasteiger partial charge in [-0.25, -0.2) is 8.42 Å². The van der Waals surface area contributed by atoms with Crippen molar-refractivity contribution in [2.24, 2.45) is 0 Å². The van der Waals surface area contributed by atoms with Crippen LogP contribution in [-0.4, -0.2) is 41.9 Å². The number of anilines is 1. The fourth-order valence-corrected chi connectivity index (χ4v) is 4.36. The van der Waals surface area contributed by atoms with Gasteiger partial charge >= 0.3 is 0 Å². The molecule has 164 valence electrons. The quantitative estimate of drug-likeness (QED) is 0.544. The van der Waals surface area contributed by atoms with Gasteiger partial charge in [0.05, 0.1) is 11.4 Å². The average molecular weight is 443 g/mol. The van der Waals surface area contributed by atoms with Crippen LogP contribution in [0.5, 0.6) is 0 Å². The van der Waals surface area contributed by atoms with Crippen LogP contribution in [0.3, 0.4) is 0 Å². The van der Waals surface area contributed by atoms with Gasteiger partial charge in [-0.2, -0.15) is 9.29 Å². The second-order valence-electron chi connectivity index (χ2n) is 7.37. The van der Waals surface area contributed by atoms with Crippen LogP contribution in [0.2, 0.25) is 0 Å². The third-order valence-electron chi connectivity index (χ3n) is 4.63. The van der Waals surface area contributed by atoms with Crippen LogP contribution in [0, 0.1) is 0 Å². The van der Waals surface area contributed by atoms with E-state index in [1.807, 2.05) is 26.0 Å². The standard InChI is InChI=1S/C22H26N4O4S/c1-4-26(31(28,29)19-8-6-5-7-9-19)15-21(27)23-18-12-10-17(11-13-18)14-20-24-22(16(2)3)30-25-20/h5-13,16H,4,14-15H2,1-3H3,(H,23,27). The molecule has 0 bridgehead atoms. The van der Waals surface area contributed by atoms with Gasteiger partial charge in [-0.05, 0) is 29.8 Å². The van der Waals surface area contributed by atoms with Crippen molar-refractivity contribution >= 4 is 21.6 Å². The molecule has 3 rings (SSSR count). The molecule has 0 aliphatic rings. The Bertz CT molecular complexity index is 1110. The van der Waals surface area contributed by atoms with Crippen molar-refractivity contribution in [1.29, 1.82) is 0 Å². The summed E-state index contributed by atoms with van der Waals surface area (Å²) in [6, 6.07) is 15.3. The van der Waals surface area contributed by atoms with E-state index >= 15 is 0 Å². The van der Waals surface area contributed by atoms with Crippen molar-refractivity contribution in [3.05, 3.63) is 71.9 Å². The predicted molar refractivity (Wildman–Crippen MR) is 117 cm³/mol. The van der Waals surface area contributed by atoms with E-state index in [0.717, 1.165) is 9.87 Å². The molecule has 0 aliphatic heterocycles. The van der Waals surface area contributed by atoms with E-state index in [2.05, 4.69) is 15.5 Å². The number of benzene rings is 2. The molecule has 0 fully saturated rings. The lowest BCUT2D eigenvalue weighted by Gasteiger charge is -2.20. The van der Waals surface area contributed by atoms with Crippen molar-refractivity contribution in [2.45, 2.75) is 38.0 Å². The summed E-state index contributed by atoms with van der Waals surface area (Å²) < 4.78 is 31.8. The highest BCUT2D eigenvalue weighted by molar-refractivity contribution is 7.89. The third kappa shape index (κ3) is 5.77. The zero-order valence-corrected chi connectivity index (χ0v) is 18.6. The van der Waals surface area contributed by atoms with Crippen LogP contribution < -0.4 is 5.32 Å². The number of sulfonamides is 1. The van der Waals surface area contributed by atoms with Crippen LogP contribution in [0.4, 0.5) is 5.69 Å². The lowest BCUT2D eigenvalue weighted by molar-refractivity contribution is -0.116. The maximum Gasteiger partial charge on any atom is 0.243 e. The summed E-state index contributed by atoms with van der Waals surface area (Å²) in [4.78, 5) is 17.0. The van der Waals surface area contributed by atoms with E-state index < -0.39 is 15.9 Å². The van der Waals surface area contributed by atoms with E-state index in [9.17, 15) is 13.2 Å². The Balaban J connectivity index is 1.60. The number of likely N-dealkylation sites (N-methyl/N-ethyl adjacent to an activating group) is 1. The number of aromatic nitrogens is 2. The molecule has 31 heavy (non-hydrogen) atoms. The topological polar surface area (TPSA) is 105 Å². The summed E-state index contributed by atoms with van der Waals surface area (Å²) in [5.41, 5.74) is 1.55. The molecule has 0 aliphatic carbocycles. The second kappa shape index (κ2) is 9.84. The Kier molecular flexibility index (Phi) is 7.19. The first-order valence-corrected chi connectivity index (χ1v) is 11.5. The highest BCUT2D eigenvalue weighted by atomic mass is 32.2. The summed E-state index contributed by atoms with van der Waals surface area (Å²) in [7, 11) is -3.73. The van der Waals surface area contributed by atoms with Gasteiger partial charge in [0.1, 0.15) is 0 Å². The number of amides is 1. The van der Waals surface area contributed by atoms with Crippen LogP contribution in [0.25, 0.3) is 0 Å². The van der Waals surface area contributed by atoms with Crippen LogP contribution in [0.1, 0.15) is 44.0 Å². The number of carbonyl (C=O) groups is 1. The molecule has 0 radical (unpaired) electrons. The summed E-state index contributed by atoms with van der Waals surface area (Å²) in [5.74, 6) is 0.969. The number of nitrogens with one attached hydrogen (secondary N) is 1. The molecule has 1 heterocycles. The fraction of sp³-hybridized carbons (Fsp3) is 0.318. The Morgan fingerprint density at radius 2 is 1.77 bits per heavy atom. The maximum absolute atomic E-state index is 12.7. The molecule has 8 nitrogen and oxygen atoms in total. The van der Waals surface area contributed by atoms with Gasteiger partial charge in [-0.15, -0.1) is 0 Å². The minimum Gasteiger partial charge on any atom is -0.339 e. The second-order valence-corrected chi connectivity index (χ2v) is 9.31. The van der Waals surface area contributed by atoms with Gasteiger partial charge in [0, 0.05) is 24.6 Å². The summed E-state index contributed by atoms with van der Waals surface area (Å²) in [6.07, 6.45) is 0.517. The van der Waals surface area contributed by atoms with Crippen molar-refractivity contribution in [1.82, 2.24) is 14.4 Å². The monoisotopic (exact) mass is 442 g/mol. The number of carbonyl (C=O) groups excluding carboxylic acids is 1. The molecule has 0 saturated heterocycles. The molecule has 3 aromatic rings. The molecule has 1 aromatic heterocycles. The summed E-state index contributed by atoms with van der Waals surface area (Å²) in [6.45, 7) is 5.59. The molecular formula is C22H26N4O4S. The van der Waals surface area contributed by atoms with Crippen molar-refractivity contribution in [3.63, 3.8) is 0 Å². The zero-order valence-electron chi connectivity index (χ0n) is 17.8. The van der Waals surface area contributed by atoms with E-state index in [1.54, 1.807) is 37.3 Å². The maximum atomic E-state index is 12.7. The Hall–Kier alpha value is -3.04. The molecule has 0 atom stereocenters. The molecule has 9 heteroatoms. The number of hydrogen-bond donors (Lipinski definition) is 1. The highest BCUT2D eigenvalue weighted by Crippen LogP contribution is 2.17. The number of hydrogen-bond acceptors (Lipinski definition) is 6. The zero-order chi connectivity index (χ0) is 22.4. The largest absolute Gasteiger partial charge is 0.339 e. The summed E-state index contributed by atoms with van der Waals surface area (Å²) in [5, 5.41) is 6.72. The average Bonchev–Trinajstić information content (AvgIpc) is 3.23. The van der Waals surface area contributed by atoms with Crippen LogP contribution >= 0.6 is 0 Å². The number of nitrogens with zero attached hydrogens (tertiary/aromatic N) is 3. The van der Waals surface area contributed by atoms with Crippen molar-refractivity contribution in [3.8, 4) is 0 Å². The highest BCUT2D eigenvalue weighted by Gasteiger charge is 2.25. The third-order valence-corrected chi connectivity index (χ3v) is 6.57. The Morgan fingerprint density at radius 3 is 2.35 bits per heavy atom. The molecule has 0 saturated carbocycles. The van der Waals surface area contributed by atoms with Gasteiger partial charge in [0.25, 0.3) is 0 Å². The molecular weight excluding hydrogens is 416 g/mol. The molecule has 1 N–H and O–H groups in total. The van der Waals surface area contributed by atoms with E-state index in [-0.39, 0.29) is 23.9 Å². The molecule has 1 amide bonds. The van der Waals surface area contributed by atoms with E-state index in [1.165, 1.54) is 12.1 Å². The van der Waals surface area contributed by atoms with Crippen LogP contribution in [0.15, 0.2) is 64.0 Å². The minimum absolute atomic E-state index is 0.163. The Morgan fingerprint density at radius 1 is 1.10 bits per heavy atom. The van der Waals surface area contributed by atoms with Crippen molar-refractivity contribution in [2.75, 3.05) is 18.4 Å². The van der Waals surface area contributed by atoms with Crippen molar-refractivity contribution < 1.29 is 17.7 Å². The van der Waals surface area contributed by atoms with Gasteiger partial charge in [0.15, 0.2) is 5.82 Å². The summed E-state index contributed by atoms with van der Waals surface area (Å²) >= 11 is 0. The lowest BCUT2D eigenvalue weighted by Crippen LogP contribution is -2.37. The van der Waals surface area contributed by atoms with Gasteiger partial charge < -0.3 is 9.84 Å². The normalized spacial score (nSPS) is 11.8. The fourth-order valence-electron chi connectivity index (χ4n) is 2.93. The van der Waals surface area contributed by atoms with E-state index in [4.69, 9.17) is 4.52 Å². The van der Waals surface area contributed by atoms with Gasteiger partial charge in [-0.3, -0.25) is 4.79 Å². The molecule has 0 spiro atoms. The van der Waals surface area contributed by atoms with Crippen LogP contribution in [-0.2, 0) is 21.2 Å². The predicted octanol–water partition coefficient (Wildman–Crippen LogP) is 3.43. The number of rotatable bonds is 9. The minimum atomic E-state index is -3.73. The molecule has 2 aromatic carbocycles.